The van der Waals surface area contributed by atoms with Gasteiger partial charge in [-0.25, -0.2) is 9.37 Å². The highest BCUT2D eigenvalue weighted by Crippen LogP contribution is 2.44. The van der Waals surface area contributed by atoms with Gasteiger partial charge in [-0.2, -0.15) is 0 Å². The molecule has 3 aromatic rings. The highest BCUT2D eigenvalue weighted by Gasteiger charge is 2.32. The summed E-state index contributed by atoms with van der Waals surface area (Å²) < 4.78 is 20.4. The fraction of sp³-hybridized carbons (Fsp3) is 0.414. The molecule has 190 valence electrons. The minimum atomic E-state index is -0.170. The molecule has 4 rings (SSSR count). The van der Waals surface area contributed by atoms with Crippen LogP contribution in [0.5, 0.6) is 5.75 Å². The van der Waals surface area contributed by atoms with E-state index in [9.17, 15) is 4.39 Å². The number of thiazole rings is 1. The molecule has 0 radical (unpaired) electrons. The van der Waals surface area contributed by atoms with E-state index < -0.39 is 0 Å². The van der Waals surface area contributed by atoms with E-state index in [1.54, 1.807) is 31.4 Å². The lowest BCUT2D eigenvalue weighted by atomic mass is 9.98. The predicted octanol–water partition coefficient (Wildman–Crippen LogP) is 8.71. The molecule has 1 fully saturated rings. The summed E-state index contributed by atoms with van der Waals surface area (Å²) in [5.74, 6) is 7.88. The van der Waals surface area contributed by atoms with Gasteiger partial charge in [0.05, 0.1) is 34.3 Å². The Labute approximate surface area is 236 Å². The molecule has 3 nitrogen and oxygen atoms in total. The van der Waals surface area contributed by atoms with Crippen molar-refractivity contribution in [2.24, 2.45) is 5.92 Å². The lowest BCUT2D eigenvalue weighted by Crippen LogP contribution is -2.30. The summed E-state index contributed by atoms with van der Waals surface area (Å²) in [6.07, 6.45) is 3.40. The maximum absolute atomic E-state index is 14.7. The van der Waals surface area contributed by atoms with Crippen molar-refractivity contribution in [3.8, 4) is 28.8 Å². The SMILES string of the molecule is COc1cc(Cl)c(-c2nc(N(CC#C[C@H](C)I)[C@@H](CC3CC3)c3ccc(C)c(F)c3)sc2C)cc1C. The van der Waals surface area contributed by atoms with Crippen LogP contribution in [0.1, 0.15) is 53.8 Å². The van der Waals surface area contributed by atoms with Crippen LogP contribution >= 0.6 is 45.5 Å². The van der Waals surface area contributed by atoms with Crippen LogP contribution in [0.2, 0.25) is 5.02 Å². The second-order valence-corrected chi connectivity index (χ2v) is 12.9. The van der Waals surface area contributed by atoms with Crippen molar-refractivity contribution in [3.63, 3.8) is 0 Å². The number of methoxy groups -OCH3 is 1. The van der Waals surface area contributed by atoms with Gasteiger partial charge in [-0.05, 0) is 74.9 Å². The first-order valence-corrected chi connectivity index (χ1v) is 14.6. The summed E-state index contributed by atoms with van der Waals surface area (Å²) >= 11 is 10.6. The molecule has 0 bridgehead atoms. The number of anilines is 1. The van der Waals surface area contributed by atoms with E-state index in [0.29, 0.717) is 23.0 Å². The van der Waals surface area contributed by atoms with Gasteiger partial charge in [0.2, 0.25) is 0 Å². The van der Waals surface area contributed by atoms with Crippen molar-refractivity contribution >= 4 is 50.7 Å². The number of benzene rings is 2. The number of halogens is 3. The molecule has 0 amide bonds. The maximum atomic E-state index is 14.7. The number of hydrogen-bond donors (Lipinski definition) is 0. The number of ether oxygens (including phenoxy) is 1. The van der Waals surface area contributed by atoms with Gasteiger partial charge in [0.25, 0.3) is 0 Å². The van der Waals surface area contributed by atoms with Gasteiger partial charge < -0.3 is 9.64 Å². The lowest BCUT2D eigenvalue weighted by molar-refractivity contribution is 0.412. The Morgan fingerprint density at radius 2 is 1.97 bits per heavy atom. The molecule has 36 heavy (non-hydrogen) atoms. The second kappa shape index (κ2) is 11.7. The highest BCUT2D eigenvalue weighted by atomic mass is 127. The summed E-state index contributed by atoms with van der Waals surface area (Å²) in [6.45, 7) is 8.49. The number of aromatic nitrogens is 1. The molecule has 1 aromatic heterocycles. The zero-order valence-corrected chi connectivity index (χ0v) is 25.0. The standard InChI is InChI=1S/C29H31ClFIN2OS/c1-17-8-11-22(15-25(17)31)26(14-21-9-10-21)34(12-6-7-19(3)32)29-33-28(20(4)36-29)23-13-18(2)27(35-5)16-24(23)30/h8,11,13,15-16,19,21,26H,9-10,12,14H2,1-5H3/t19-,26-/m0/s1. The van der Waals surface area contributed by atoms with Crippen LogP contribution in [0.15, 0.2) is 30.3 Å². The number of nitrogens with zero attached hydrogens (tertiary/aromatic N) is 2. The van der Waals surface area contributed by atoms with Gasteiger partial charge in [-0.3, -0.25) is 0 Å². The Bertz CT molecular complexity index is 1310. The minimum Gasteiger partial charge on any atom is -0.496 e. The third-order valence-corrected chi connectivity index (χ3v) is 8.16. The van der Waals surface area contributed by atoms with Crippen LogP contribution in [0.4, 0.5) is 9.52 Å². The molecule has 0 N–H and O–H groups in total. The Kier molecular flexibility index (Phi) is 8.85. The van der Waals surface area contributed by atoms with Crippen LogP contribution in [-0.2, 0) is 0 Å². The van der Waals surface area contributed by atoms with Crippen molar-refractivity contribution in [3.05, 3.63) is 62.7 Å². The molecule has 2 aromatic carbocycles. The summed E-state index contributed by atoms with van der Waals surface area (Å²) in [5, 5.41) is 1.49. The molecule has 2 atom stereocenters. The second-order valence-electron chi connectivity index (χ2n) is 9.47. The van der Waals surface area contributed by atoms with Crippen LogP contribution in [0.25, 0.3) is 11.3 Å². The molecule has 0 saturated heterocycles. The van der Waals surface area contributed by atoms with E-state index >= 15 is 0 Å². The molecular weight excluding hydrogens is 606 g/mol. The fourth-order valence-electron chi connectivity index (χ4n) is 4.33. The Hall–Kier alpha value is -1.82. The quantitative estimate of drug-likeness (QED) is 0.141. The molecule has 1 aliphatic carbocycles. The van der Waals surface area contributed by atoms with Crippen LogP contribution in [0.3, 0.4) is 0 Å². The molecule has 1 saturated carbocycles. The minimum absolute atomic E-state index is 0.00195. The van der Waals surface area contributed by atoms with Gasteiger partial charge in [-0.1, -0.05) is 71.0 Å². The number of alkyl halides is 1. The van der Waals surface area contributed by atoms with Crippen molar-refractivity contribution < 1.29 is 9.13 Å². The number of hydrogen-bond acceptors (Lipinski definition) is 4. The zero-order chi connectivity index (χ0) is 26.0. The van der Waals surface area contributed by atoms with E-state index in [2.05, 4.69) is 59.2 Å². The van der Waals surface area contributed by atoms with Crippen molar-refractivity contribution in [1.29, 1.82) is 0 Å². The average molecular weight is 637 g/mol. The summed E-state index contributed by atoms with van der Waals surface area (Å²) in [4.78, 5) is 8.45. The van der Waals surface area contributed by atoms with Gasteiger partial charge in [0, 0.05) is 10.4 Å². The topological polar surface area (TPSA) is 25.4 Å². The van der Waals surface area contributed by atoms with E-state index in [4.69, 9.17) is 21.3 Å². The first-order chi connectivity index (χ1) is 17.2. The third-order valence-electron chi connectivity index (χ3n) is 6.53. The largest absolute Gasteiger partial charge is 0.496 e. The van der Waals surface area contributed by atoms with Gasteiger partial charge >= 0.3 is 0 Å². The van der Waals surface area contributed by atoms with Crippen molar-refractivity contribution in [2.45, 2.75) is 56.9 Å². The number of rotatable bonds is 8. The predicted molar refractivity (Wildman–Crippen MR) is 158 cm³/mol. The van der Waals surface area contributed by atoms with E-state index in [-0.39, 0.29) is 15.8 Å². The zero-order valence-electron chi connectivity index (χ0n) is 21.3. The van der Waals surface area contributed by atoms with Crippen LogP contribution < -0.4 is 9.64 Å². The van der Waals surface area contributed by atoms with Gasteiger partial charge in [0.15, 0.2) is 5.13 Å². The normalized spacial score (nSPS) is 14.7. The Balaban J connectivity index is 1.79. The highest BCUT2D eigenvalue weighted by molar-refractivity contribution is 14.1. The first kappa shape index (κ1) is 27.2. The molecule has 0 aliphatic heterocycles. The maximum Gasteiger partial charge on any atom is 0.187 e. The Morgan fingerprint density at radius 1 is 1.22 bits per heavy atom. The molecule has 0 spiro atoms. The van der Waals surface area contributed by atoms with E-state index in [0.717, 1.165) is 44.6 Å². The summed E-state index contributed by atoms with van der Waals surface area (Å²) in [7, 11) is 1.65. The fourth-order valence-corrected chi connectivity index (χ4v) is 5.77. The van der Waals surface area contributed by atoms with E-state index in [1.165, 1.54) is 12.8 Å². The Morgan fingerprint density at radius 3 is 2.61 bits per heavy atom. The lowest BCUT2D eigenvalue weighted by Gasteiger charge is -2.31. The third kappa shape index (κ3) is 6.35. The first-order valence-electron chi connectivity index (χ1n) is 12.1. The van der Waals surface area contributed by atoms with Gasteiger partial charge in [-0.15, -0.1) is 11.3 Å². The smallest absolute Gasteiger partial charge is 0.187 e. The monoisotopic (exact) mass is 636 g/mol. The molecule has 7 heteroatoms. The van der Waals surface area contributed by atoms with Crippen molar-refractivity contribution in [2.75, 3.05) is 18.6 Å². The van der Waals surface area contributed by atoms with Crippen LogP contribution in [0, 0.1) is 44.3 Å². The van der Waals surface area contributed by atoms with Crippen LogP contribution in [-0.4, -0.2) is 22.6 Å². The number of aryl methyl sites for hydroxylation is 3. The van der Waals surface area contributed by atoms with Gasteiger partial charge in [0.1, 0.15) is 11.6 Å². The van der Waals surface area contributed by atoms with E-state index in [1.807, 2.05) is 25.1 Å². The molecular formula is C29H31ClFIN2OS. The van der Waals surface area contributed by atoms with Crippen molar-refractivity contribution in [1.82, 2.24) is 4.98 Å². The summed E-state index contributed by atoms with van der Waals surface area (Å²) in [6, 6.07) is 9.50. The summed E-state index contributed by atoms with van der Waals surface area (Å²) in [5.41, 5.74) is 4.40. The molecule has 1 heterocycles. The molecule has 0 unspecified atom stereocenters. The molecule has 1 aliphatic rings. The average Bonchev–Trinajstić information content (AvgIpc) is 3.58.